The second-order valence-electron chi connectivity index (χ2n) is 10.6. The van der Waals surface area contributed by atoms with Crippen LogP contribution in [0.1, 0.15) is 43.2 Å². The maximum atomic E-state index is 13.0. The Balaban J connectivity index is 1.06. The molecule has 8 nitrogen and oxygen atoms in total. The van der Waals surface area contributed by atoms with Crippen LogP contribution in [0.25, 0.3) is 10.8 Å². The Morgan fingerprint density at radius 3 is 2.58 bits per heavy atom. The summed E-state index contributed by atoms with van der Waals surface area (Å²) in [6.07, 6.45) is 6.89. The van der Waals surface area contributed by atoms with E-state index in [0.717, 1.165) is 81.0 Å². The minimum absolute atomic E-state index is 0.172. The molecule has 1 aliphatic heterocycles. The van der Waals surface area contributed by atoms with Gasteiger partial charge in [0.1, 0.15) is 0 Å². The summed E-state index contributed by atoms with van der Waals surface area (Å²) in [5.74, 6) is 0.506. The van der Waals surface area contributed by atoms with Crippen LogP contribution >= 0.6 is 0 Å². The normalized spacial score (nSPS) is 19.2. The molecule has 0 bridgehead atoms. The van der Waals surface area contributed by atoms with E-state index in [2.05, 4.69) is 14.9 Å². The standard InChI is InChI=1S/C29H36N4O4S/c34-33(35)27-12-11-23-6-3-8-26(19-25(23)20-27)30-21-32-17-14-22(15-18-32)13-16-31-38(36,37)29-10-4-7-24-5-1-2-9-28(24)29/h1-2,4-5,7,9-12,20,22,26,30-31H,3,6,8,13-19,21H2. The molecule has 1 aliphatic carbocycles. The van der Waals surface area contributed by atoms with Crippen molar-refractivity contribution in [2.45, 2.75) is 55.9 Å². The Morgan fingerprint density at radius 2 is 1.76 bits per heavy atom. The van der Waals surface area contributed by atoms with Crippen LogP contribution in [0.3, 0.4) is 0 Å². The van der Waals surface area contributed by atoms with E-state index in [4.69, 9.17) is 0 Å². The number of nitrogens with zero attached hydrogens (tertiary/aromatic N) is 2. The fraction of sp³-hybridized carbons (Fsp3) is 0.448. The number of fused-ring (bicyclic) bond motifs is 2. The van der Waals surface area contributed by atoms with Gasteiger partial charge in [-0.15, -0.1) is 0 Å². The lowest BCUT2D eigenvalue weighted by atomic mass is 9.94. The first-order valence-corrected chi connectivity index (χ1v) is 15.1. The van der Waals surface area contributed by atoms with Crippen LogP contribution in [0.15, 0.2) is 65.6 Å². The van der Waals surface area contributed by atoms with Crippen molar-refractivity contribution >= 4 is 26.5 Å². The summed E-state index contributed by atoms with van der Waals surface area (Å²) in [6, 6.07) is 18.6. The number of nitro benzene ring substituents is 1. The van der Waals surface area contributed by atoms with Gasteiger partial charge in [-0.05, 0) is 86.5 Å². The first-order chi connectivity index (χ1) is 18.4. The van der Waals surface area contributed by atoms with Gasteiger partial charge in [-0.2, -0.15) is 0 Å². The van der Waals surface area contributed by atoms with Crippen molar-refractivity contribution in [3.63, 3.8) is 0 Å². The zero-order valence-electron chi connectivity index (χ0n) is 21.6. The molecule has 2 aliphatic rings. The predicted molar refractivity (Wildman–Crippen MR) is 150 cm³/mol. The molecule has 202 valence electrons. The molecular weight excluding hydrogens is 500 g/mol. The number of non-ortho nitro benzene ring substituents is 1. The van der Waals surface area contributed by atoms with Crippen LogP contribution in [0.2, 0.25) is 0 Å². The number of nitro groups is 1. The van der Waals surface area contributed by atoms with Gasteiger partial charge in [-0.25, -0.2) is 13.1 Å². The molecule has 0 spiro atoms. The summed E-state index contributed by atoms with van der Waals surface area (Å²) in [5.41, 5.74) is 2.50. The van der Waals surface area contributed by atoms with Gasteiger partial charge in [0.05, 0.1) is 9.82 Å². The lowest BCUT2D eigenvalue weighted by Gasteiger charge is -2.33. The molecule has 2 N–H and O–H groups in total. The molecule has 3 aromatic carbocycles. The molecule has 1 atom stereocenters. The third-order valence-electron chi connectivity index (χ3n) is 8.06. The van der Waals surface area contributed by atoms with Crippen molar-refractivity contribution in [1.29, 1.82) is 0 Å². The lowest BCUT2D eigenvalue weighted by Crippen LogP contribution is -2.44. The van der Waals surface area contributed by atoms with Gasteiger partial charge in [0, 0.05) is 36.8 Å². The third kappa shape index (κ3) is 6.40. The van der Waals surface area contributed by atoms with Gasteiger partial charge >= 0.3 is 0 Å². The average molecular weight is 537 g/mol. The highest BCUT2D eigenvalue weighted by atomic mass is 32.2. The quantitative estimate of drug-likeness (QED) is 0.235. The number of piperidine rings is 1. The van der Waals surface area contributed by atoms with Crippen LogP contribution in [-0.4, -0.2) is 50.6 Å². The van der Waals surface area contributed by atoms with Gasteiger partial charge in [0.2, 0.25) is 10.0 Å². The minimum Gasteiger partial charge on any atom is -0.301 e. The molecule has 0 amide bonds. The number of likely N-dealkylation sites (tertiary alicyclic amines) is 1. The van der Waals surface area contributed by atoms with E-state index in [0.29, 0.717) is 23.4 Å². The number of aryl methyl sites for hydroxylation is 1. The second-order valence-corrected chi connectivity index (χ2v) is 12.3. The summed E-state index contributed by atoms with van der Waals surface area (Å²) in [4.78, 5) is 13.6. The molecule has 1 heterocycles. The summed E-state index contributed by atoms with van der Waals surface area (Å²) in [5, 5.41) is 16.6. The van der Waals surface area contributed by atoms with Gasteiger partial charge in [-0.3, -0.25) is 15.0 Å². The third-order valence-corrected chi connectivity index (χ3v) is 9.58. The Kier molecular flexibility index (Phi) is 8.38. The highest BCUT2D eigenvalue weighted by molar-refractivity contribution is 7.89. The van der Waals surface area contributed by atoms with E-state index in [9.17, 15) is 18.5 Å². The molecule has 9 heteroatoms. The largest absolute Gasteiger partial charge is 0.301 e. The zero-order valence-corrected chi connectivity index (χ0v) is 22.5. The molecule has 0 radical (unpaired) electrons. The first kappa shape index (κ1) is 26.7. The van der Waals surface area contributed by atoms with E-state index in [1.54, 1.807) is 24.3 Å². The topological polar surface area (TPSA) is 105 Å². The Bertz CT molecular complexity index is 1380. The van der Waals surface area contributed by atoms with E-state index in [-0.39, 0.29) is 10.6 Å². The summed E-state index contributed by atoms with van der Waals surface area (Å²) in [6.45, 7) is 3.24. The number of benzene rings is 3. The average Bonchev–Trinajstić information content (AvgIpc) is 3.13. The van der Waals surface area contributed by atoms with E-state index in [1.807, 2.05) is 36.4 Å². The second kappa shape index (κ2) is 11.9. The van der Waals surface area contributed by atoms with Crippen molar-refractivity contribution in [1.82, 2.24) is 14.9 Å². The maximum absolute atomic E-state index is 13.0. The monoisotopic (exact) mass is 536 g/mol. The van der Waals surface area contributed by atoms with Crippen molar-refractivity contribution in [3.05, 3.63) is 81.9 Å². The van der Waals surface area contributed by atoms with Crippen molar-refractivity contribution < 1.29 is 13.3 Å². The summed E-state index contributed by atoms with van der Waals surface area (Å²) >= 11 is 0. The van der Waals surface area contributed by atoms with Crippen LogP contribution in [0, 0.1) is 16.0 Å². The fourth-order valence-electron chi connectivity index (χ4n) is 5.84. The van der Waals surface area contributed by atoms with Crippen LogP contribution in [-0.2, 0) is 22.9 Å². The highest BCUT2D eigenvalue weighted by Gasteiger charge is 2.23. The number of nitrogens with one attached hydrogen (secondary N) is 2. The van der Waals surface area contributed by atoms with E-state index >= 15 is 0 Å². The molecule has 38 heavy (non-hydrogen) atoms. The summed E-state index contributed by atoms with van der Waals surface area (Å²) in [7, 11) is -3.56. The molecule has 1 fully saturated rings. The number of rotatable bonds is 9. The first-order valence-electron chi connectivity index (χ1n) is 13.6. The number of hydrogen-bond donors (Lipinski definition) is 2. The molecule has 0 saturated carbocycles. The maximum Gasteiger partial charge on any atom is 0.269 e. The highest BCUT2D eigenvalue weighted by Crippen LogP contribution is 2.26. The van der Waals surface area contributed by atoms with Gasteiger partial charge in [0.25, 0.3) is 5.69 Å². The van der Waals surface area contributed by atoms with Gasteiger partial charge in [0.15, 0.2) is 0 Å². The van der Waals surface area contributed by atoms with E-state index in [1.165, 1.54) is 5.56 Å². The summed E-state index contributed by atoms with van der Waals surface area (Å²) < 4.78 is 28.8. The SMILES string of the molecule is O=[N+]([O-])c1ccc2c(c1)CC(NCN1CCC(CCNS(=O)(=O)c3cccc4ccccc34)CC1)CCC2. The Morgan fingerprint density at radius 1 is 0.974 bits per heavy atom. The van der Waals surface area contributed by atoms with Crippen LogP contribution in [0.5, 0.6) is 0 Å². The molecule has 3 aromatic rings. The van der Waals surface area contributed by atoms with Crippen molar-refractivity contribution in [2.75, 3.05) is 26.3 Å². The lowest BCUT2D eigenvalue weighted by molar-refractivity contribution is -0.384. The Hall–Kier alpha value is -2.85. The van der Waals surface area contributed by atoms with Gasteiger partial charge < -0.3 is 5.32 Å². The smallest absolute Gasteiger partial charge is 0.269 e. The number of hydrogen-bond acceptors (Lipinski definition) is 6. The fourth-order valence-corrected chi connectivity index (χ4v) is 7.11. The van der Waals surface area contributed by atoms with Crippen molar-refractivity contribution in [2.24, 2.45) is 5.92 Å². The molecule has 5 rings (SSSR count). The molecular formula is C29H36N4O4S. The zero-order chi connectivity index (χ0) is 26.5. The number of sulfonamides is 1. The Labute approximate surface area is 224 Å². The van der Waals surface area contributed by atoms with Gasteiger partial charge in [-0.1, -0.05) is 42.5 Å². The minimum atomic E-state index is -3.56. The van der Waals surface area contributed by atoms with Crippen LogP contribution < -0.4 is 10.0 Å². The molecule has 1 unspecified atom stereocenters. The molecule has 1 saturated heterocycles. The molecule has 0 aromatic heterocycles. The van der Waals surface area contributed by atoms with E-state index < -0.39 is 10.0 Å². The van der Waals surface area contributed by atoms with Crippen molar-refractivity contribution in [3.8, 4) is 0 Å². The van der Waals surface area contributed by atoms with Crippen LogP contribution in [0.4, 0.5) is 5.69 Å². The predicted octanol–water partition coefficient (Wildman–Crippen LogP) is 4.62.